The Balaban J connectivity index is 2.49. The average Bonchev–Trinajstić information content (AvgIpc) is 3.09. The predicted molar refractivity (Wildman–Crippen MR) is 165 cm³/mol. The van der Waals surface area contributed by atoms with Crippen molar-refractivity contribution in [1.29, 1.82) is 0 Å². The first kappa shape index (κ1) is 34.2. The molecule has 226 valence electrons. The van der Waals surface area contributed by atoms with Gasteiger partial charge in [0.05, 0.1) is 18.3 Å². The fourth-order valence-electron chi connectivity index (χ4n) is 3.85. The highest BCUT2D eigenvalue weighted by molar-refractivity contribution is 6.74. The molecule has 1 amide bonds. The molecule has 40 heavy (non-hydrogen) atoms. The maximum absolute atomic E-state index is 13.4. The Morgan fingerprint density at radius 1 is 1.07 bits per heavy atom. The van der Waals surface area contributed by atoms with Crippen LogP contribution >= 0.6 is 0 Å². The first-order valence-corrected chi connectivity index (χ1v) is 20.1. The fourth-order valence-corrected chi connectivity index (χ4v) is 6.50. The summed E-state index contributed by atoms with van der Waals surface area (Å²) in [6.45, 7) is 26.1. The normalized spacial score (nSPS) is 22.2. The number of aromatic nitrogens is 2. The molecule has 2 rings (SSSR count). The number of rotatable bonds is 10. The maximum Gasteiger partial charge on any atom is 0.412 e. The zero-order chi connectivity index (χ0) is 30.7. The van der Waals surface area contributed by atoms with Gasteiger partial charge in [-0.25, -0.2) is 9.59 Å². The Bertz CT molecular complexity index is 1130. The van der Waals surface area contributed by atoms with Gasteiger partial charge in [-0.05, 0) is 49.6 Å². The molecular weight excluding hydrogens is 543 g/mol. The van der Waals surface area contributed by atoms with Crippen LogP contribution in [0.25, 0.3) is 0 Å². The summed E-state index contributed by atoms with van der Waals surface area (Å²) in [6.07, 6.45) is 7.20. The van der Waals surface area contributed by atoms with Gasteiger partial charge >= 0.3 is 11.8 Å². The Hall–Kier alpha value is -1.98. The minimum atomic E-state index is -2.32. The van der Waals surface area contributed by atoms with E-state index in [4.69, 9.17) is 24.7 Å². The third-order valence-corrected chi connectivity index (χ3v) is 17.4. The molecule has 1 saturated heterocycles. The highest BCUT2D eigenvalue weighted by Gasteiger charge is 2.53. The van der Waals surface area contributed by atoms with Crippen molar-refractivity contribution in [2.45, 2.75) is 135 Å². The summed E-state index contributed by atoms with van der Waals surface area (Å²) in [5.74, 6) is 2.51. The molecular formula is C29H51N3O6Si2. The Morgan fingerprint density at radius 3 is 2.12 bits per heavy atom. The van der Waals surface area contributed by atoms with E-state index >= 15 is 0 Å². The Morgan fingerprint density at radius 2 is 1.62 bits per heavy atom. The summed E-state index contributed by atoms with van der Waals surface area (Å²) < 4.78 is 26.8. The third kappa shape index (κ3) is 8.06. The lowest BCUT2D eigenvalue weighted by molar-refractivity contribution is -0.0310. The molecule has 1 aromatic heterocycles. The summed E-state index contributed by atoms with van der Waals surface area (Å²) in [5.41, 5.74) is -0.379. The summed E-state index contributed by atoms with van der Waals surface area (Å²) >= 11 is 0. The number of nitrogens with one attached hydrogen (secondary N) is 1. The van der Waals surface area contributed by atoms with Crippen molar-refractivity contribution >= 4 is 28.5 Å². The number of terminal acetylenes is 1. The molecule has 0 saturated carbocycles. The van der Waals surface area contributed by atoms with Crippen LogP contribution in [-0.4, -0.2) is 57.2 Å². The van der Waals surface area contributed by atoms with Crippen LogP contribution in [0.1, 0.15) is 86.4 Å². The quantitative estimate of drug-likeness (QED) is 0.184. The number of ether oxygens (including phenoxy) is 2. The van der Waals surface area contributed by atoms with Gasteiger partial charge in [0.15, 0.2) is 28.7 Å². The highest BCUT2D eigenvalue weighted by Crippen LogP contribution is 2.45. The number of carbonyl (C=O) groups is 1. The summed E-state index contributed by atoms with van der Waals surface area (Å²) in [7, 11) is -4.54. The highest BCUT2D eigenvalue weighted by atomic mass is 28.4. The van der Waals surface area contributed by atoms with Gasteiger partial charge < -0.3 is 18.3 Å². The van der Waals surface area contributed by atoms with E-state index in [1.54, 1.807) is 0 Å². The molecule has 1 aliphatic heterocycles. The van der Waals surface area contributed by atoms with E-state index in [2.05, 4.69) is 90.9 Å². The number of unbranched alkanes of at least 4 members (excludes halogenated alkanes) is 2. The second-order valence-electron chi connectivity index (χ2n) is 13.7. The lowest BCUT2D eigenvalue weighted by atomic mass is 10.1. The van der Waals surface area contributed by atoms with Crippen LogP contribution in [0.4, 0.5) is 10.6 Å². The van der Waals surface area contributed by atoms with Gasteiger partial charge in [0, 0.05) is 6.20 Å². The van der Waals surface area contributed by atoms with E-state index in [9.17, 15) is 9.59 Å². The van der Waals surface area contributed by atoms with Crippen molar-refractivity contribution in [1.82, 2.24) is 9.55 Å². The minimum absolute atomic E-state index is 0.0220. The van der Waals surface area contributed by atoms with Gasteiger partial charge in [-0.2, -0.15) is 4.98 Å². The van der Waals surface area contributed by atoms with E-state index in [1.807, 2.05) is 6.92 Å². The van der Waals surface area contributed by atoms with E-state index in [1.165, 1.54) is 10.8 Å². The van der Waals surface area contributed by atoms with Crippen LogP contribution in [0.5, 0.6) is 0 Å². The molecule has 2 heterocycles. The van der Waals surface area contributed by atoms with Crippen molar-refractivity contribution in [2.75, 3.05) is 11.9 Å². The molecule has 0 aliphatic carbocycles. The van der Waals surface area contributed by atoms with E-state index in [-0.39, 0.29) is 34.2 Å². The maximum atomic E-state index is 13.4. The average molecular weight is 594 g/mol. The van der Waals surface area contributed by atoms with Crippen LogP contribution < -0.4 is 11.0 Å². The van der Waals surface area contributed by atoms with Gasteiger partial charge in [-0.1, -0.05) is 67.2 Å². The SMILES string of the molecule is C#Cc1cn([C@@H]2O[C@H](C)[C@@H](O[Si](C)(C)C(C)(C)C)[C@H]2O[Si](C)(C)C(C)(C)C)c(=O)nc1NC(=O)OCCCCC. The van der Waals surface area contributed by atoms with Crippen molar-refractivity contribution in [3.8, 4) is 12.3 Å². The van der Waals surface area contributed by atoms with Crippen molar-refractivity contribution in [3.63, 3.8) is 0 Å². The fraction of sp³-hybridized carbons (Fsp3) is 0.759. The molecule has 11 heteroatoms. The molecule has 9 nitrogen and oxygen atoms in total. The molecule has 4 atom stereocenters. The summed E-state index contributed by atoms with van der Waals surface area (Å²) in [6, 6.07) is 0. The molecule has 1 N–H and O–H groups in total. The molecule has 1 aromatic rings. The van der Waals surface area contributed by atoms with Gasteiger partial charge in [-0.15, -0.1) is 6.42 Å². The van der Waals surface area contributed by atoms with Crippen molar-refractivity contribution in [3.05, 3.63) is 22.2 Å². The molecule has 1 fully saturated rings. The minimum Gasteiger partial charge on any atom is -0.449 e. The molecule has 1 aliphatic rings. The van der Waals surface area contributed by atoms with Crippen molar-refractivity contribution in [2.24, 2.45) is 0 Å². The summed E-state index contributed by atoms with van der Waals surface area (Å²) in [4.78, 5) is 29.8. The molecule has 0 radical (unpaired) electrons. The van der Waals surface area contributed by atoms with Crippen LogP contribution in [0.3, 0.4) is 0 Å². The lowest BCUT2D eigenvalue weighted by Crippen LogP contribution is -2.53. The van der Waals surface area contributed by atoms with E-state index < -0.39 is 46.9 Å². The molecule has 0 aromatic carbocycles. The third-order valence-electron chi connectivity index (χ3n) is 8.48. The Kier molecular flexibility index (Phi) is 11.0. The number of anilines is 1. The topological polar surface area (TPSA) is 101 Å². The zero-order valence-electron chi connectivity index (χ0n) is 26.6. The number of hydrogen-bond acceptors (Lipinski definition) is 7. The monoisotopic (exact) mass is 593 g/mol. The van der Waals surface area contributed by atoms with Crippen LogP contribution in [0.2, 0.25) is 36.3 Å². The second kappa shape index (κ2) is 12.9. The molecule has 0 spiro atoms. The lowest BCUT2D eigenvalue weighted by Gasteiger charge is -2.44. The smallest absolute Gasteiger partial charge is 0.412 e. The van der Waals surface area contributed by atoms with Gasteiger partial charge in [-0.3, -0.25) is 9.88 Å². The van der Waals surface area contributed by atoms with Crippen molar-refractivity contribution < 1.29 is 23.1 Å². The Labute approximate surface area is 243 Å². The van der Waals surface area contributed by atoms with Crippen LogP contribution in [-0.2, 0) is 18.3 Å². The number of hydrogen-bond donors (Lipinski definition) is 1. The summed E-state index contributed by atoms with van der Waals surface area (Å²) in [5, 5.41) is 2.41. The number of nitrogens with zero attached hydrogens (tertiary/aromatic N) is 2. The molecule has 0 unspecified atom stereocenters. The van der Waals surface area contributed by atoms with Crippen LogP contribution in [0.15, 0.2) is 11.0 Å². The predicted octanol–water partition coefficient (Wildman–Crippen LogP) is 6.66. The molecule has 0 bridgehead atoms. The second-order valence-corrected chi connectivity index (χ2v) is 23.2. The van der Waals surface area contributed by atoms with E-state index in [0.717, 1.165) is 19.3 Å². The van der Waals surface area contributed by atoms with Gasteiger partial charge in [0.1, 0.15) is 12.2 Å². The zero-order valence-corrected chi connectivity index (χ0v) is 28.6. The number of carbonyl (C=O) groups excluding carboxylic acids is 1. The largest absolute Gasteiger partial charge is 0.449 e. The van der Waals surface area contributed by atoms with Gasteiger partial charge in [0.25, 0.3) is 0 Å². The number of amides is 1. The van der Waals surface area contributed by atoms with E-state index in [0.29, 0.717) is 0 Å². The first-order valence-electron chi connectivity index (χ1n) is 14.3. The standard InChI is InChI=1S/C29H51N3O6Si2/c1-14-16-17-18-35-27(34)31-24-21(15-2)19-32(26(33)30-24)25-23(38-40(12,13)29(7,8)9)22(20(3)36-25)37-39(10,11)28(4,5)6/h2,19-20,22-23,25H,14,16-18H2,1,3-13H3,(H,30,31,33,34)/t20-,22-,23-,25-/m1/s1. The van der Waals surface area contributed by atoms with Gasteiger partial charge in [0.2, 0.25) is 0 Å². The first-order chi connectivity index (χ1) is 18.3. The van der Waals surface area contributed by atoms with Crippen LogP contribution in [0, 0.1) is 12.3 Å².